The molecule has 1 atom stereocenters. The maximum atomic E-state index is 12.2. The molecule has 0 spiro atoms. The van der Waals surface area contributed by atoms with Gasteiger partial charge in [-0.3, -0.25) is 9.48 Å². The number of aryl methyl sites for hydroxylation is 2. The number of nitrogens with zero attached hydrogens (tertiary/aromatic N) is 2. The number of aromatic nitrogens is 2. The molecule has 0 N–H and O–H groups in total. The molecule has 0 aliphatic heterocycles. The van der Waals surface area contributed by atoms with Crippen molar-refractivity contribution in [1.82, 2.24) is 9.78 Å². The van der Waals surface area contributed by atoms with Crippen molar-refractivity contribution in [3.05, 3.63) is 16.4 Å². The fourth-order valence-electron chi connectivity index (χ4n) is 1.75. The number of hydrogen-bond acceptors (Lipinski definition) is 5. The summed E-state index contributed by atoms with van der Waals surface area (Å²) in [6.07, 6.45) is 0.458. The SMILES string of the molecule is CCc1nn(C)c(CS(=O)(=O)C(C)CC(=O)OC)c1Cl. The number of carbonyl (C=O) groups excluding carboxylic acids is 1. The van der Waals surface area contributed by atoms with Gasteiger partial charge in [0.15, 0.2) is 9.84 Å². The van der Waals surface area contributed by atoms with Gasteiger partial charge in [-0.2, -0.15) is 5.10 Å². The second-order valence-electron chi connectivity index (χ2n) is 4.58. The number of esters is 1. The van der Waals surface area contributed by atoms with E-state index in [1.165, 1.54) is 18.7 Å². The number of ether oxygens (including phenoxy) is 1. The summed E-state index contributed by atoms with van der Waals surface area (Å²) in [7, 11) is -0.622. The standard InChI is InChI=1S/C12H19ClN2O4S/c1-5-9-12(13)10(15(3)14-9)7-20(17,18)8(2)6-11(16)19-4/h8H,5-7H2,1-4H3. The van der Waals surface area contributed by atoms with E-state index in [9.17, 15) is 13.2 Å². The maximum absolute atomic E-state index is 12.2. The molecule has 0 radical (unpaired) electrons. The molecular formula is C12H19ClN2O4S. The van der Waals surface area contributed by atoms with Crippen molar-refractivity contribution in [3.8, 4) is 0 Å². The number of methoxy groups -OCH3 is 1. The number of hydrogen-bond donors (Lipinski definition) is 0. The molecule has 1 heterocycles. The molecule has 0 saturated carbocycles. The van der Waals surface area contributed by atoms with Gasteiger partial charge < -0.3 is 4.74 Å². The third kappa shape index (κ3) is 3.73. The lowest BCUT2D eigenvalue weighted by Crippen LogP contribution is -2.24. The molecule has 114 valence electrons. The van der Waals surface area contributed by atoms with E-state index in [2.05, 4.69) is 9.84 Å². The van der Waals surface area contributed by atoms with Crippen LogP contribution in [0, 0.1) is 0 Å². The van der Waals surface area contributed by atoms with E-state index in [1.54, 1.807) is 7.05 Å². The van der Waals surface area contributed by atoms with Gasteiger partial charge in [-0.1, -0.05) is 18.5 Å². The predicted molar refractivity (Wildman–Crippen MR) is 76.3 cm³/mol. The Kier molecular flexibility index (Phi) is 5.59. The van der Waals surface area contributed by atoms with Crippen LogP contribution in [0.2, 0.25) is 5.02 Å². The highest BCUT2D eigenvalue weighted by Crippen LogP contribution is 2.24. The molecule has 0 bridgehead atoms. The fourth-order valence-corrected chi connectivity index (χ4v) is 3.58. The second-order valence-corrected chi connectivity index (χ2v) is 7.38. The molecule has 0 aliphatic rings. The maximum Gasteiger partial charge on any atom is 0.306 e. The molecule has 20 heavy (non-hydrogen) atoms. The minimum Gasteiger partial charge on any atom is -0.469 e. The average molecular weight is 323 g/mol. The molecular weight excluding hydrogens is 304 g/mol. The van der Waals surface area contributed by atoms with Crippen molar-refractivity contribution in [2.75, 3.05) is 7.11 Å². The van der Waals surface area contributed by atoms with E-state index >= 15 is 0 Å². The third-order valence-electron chi connectivity index (χ3n) is 3.14. The first-order valence-corrected chi connectivity index (χ1v) is 8.30. The lowest BCUT2D eigenvalue weighted by molar-refractivity contribution is -0.140. The van der Waals surface area contributed by atoms with Crippen LogP contribution in [0.15, 0.2) is 0 Å². The molecule has 1 aromatic rings. The Balaban J connectivity index is 2.97. The van der Waals surface area contributed by atoms with Crippen molar-refractivity contribution in [1.29, 1.82) is 0 Å². The van der Waals surface area contributed by atoms with Gasteiger partial charge in [0.05, 0.1) is 40.9 Å². The largest absolute Gasteiger partial charge is 0.469 e. The summed E-state index contributed by atoms with van der Waals surface area (Å²) in [6, 6.07) is 0. The van der Waals surface area contributed by atoms with Gasteiger partial charge in [-0.25, -0.2) is 8.42 Å². The van der Waals surface area contributed by atoms with Crippen LogP contribution in [0.4, 0.5) is 0 Å². The zero-order chi connectivity index (χ0) is 15.5. The third-order valence-corrected chi connectivity index (χ3v) is 5.64. The van der Waals surface area contributed by atoms with E-state index < -0.39 is 21.1 Å². The van der Waals surface area contributed by atoms with Crippen molar-refractivity contribution in [2.24, 2.45) is 7.05 Å². The number of halogens is 1. The van der Waals surface area contributed by atoms with Gasteiger partial charge in [0.2, 0.25) is 0 Å². The molecule has 1 unspecified atom stereocenters. The summed E-state index contributed by atoms with van der Waals surface area (Å²) in [4.78, 5) is 11.2. The first-order chi connectivity index (χ1) is 9.22. The van der Waals surface area contributed by atoms with Crippen LogP contribution < -0.4 is 0 Å². The van der Waals surface area contributed by atoms with Gasteiger partial charge in [0.1, 0.15) is 0 Å². The summed E-state index contributed by atoms with van der Waals surface area (Å²) in [5, 5.41) is 3.73. The van der Waals surface area contributed by atoms with Crippen LogP contribution in [0.3, 0.4) is 0 Å². The summed E-state index contributed by atoms with van der Waals surface area (Å²) >= 11 is 6.13. The van der Waals surface area contributed by atoms with Crippen LogP contribution in [0.5, 0.6) is 0 Å². The minimum absolute atomic E-state index is 0.172. The van der Waals surface area contributed by atoms with Crippen molar-refractivity contribution >= 4 is 27.4 Å². The zero-order valence-electron chi connectivity index (χ0n) is 12.0. The Hall–Kier alpha value is -1.08. The Labute approximate surface area is 124 Å². The molecule has 0 fully saturated rings. The Morgan fingerprint density at radius 3 is 2.55 bits per heavy atom. The normalized spacial score (nSPS) is 13.2. The highest BCUT2D eigenvalue weighted by atomic mass is 35.5. The first kappa shape index (κ1) is 17.0. The summed E-state index contributed by atoms with van der Waals surface area (Å²) in [6.45, 7) is 3.38. The molecule has 1 aromatic heterocycles. The van der Waals surface area contributed by atoms with E-state index in [0.29, 0.717) is 22.8 Å². The van der Waals surface area contributed by atoms with Crippen LogP contribution in [0.1, 0.15) is 31.7 Å². The quantitative estimate of drug-likeness (QED) is 0.742. The highest BCUT2D eigenvalue weighted by molar-refractivity contribution is 7.91. The monoisotopic (exact) mass is 322 g/mol. The smallest absolute Gasteiger partial charge is 0.306 e. The van der Waals surface area contributed by atoms with Gasteiger partial charge >= 0.3 is 5.97 Å². The minimum atomic E-state index is -3.50. The number of carbonyl (C=O) groups is 1. The summed E-state index contributed by atoms with van der Waals surface area (Å²) < 4.78 is 30.5. The van der Waals surface area contributed by atoms with Crippen molar-refractivity contribution in [3.63, 3.8) is 0 Å². The van der Waals surface area contributed by atoms with Crippen LogP contribution >= 0.6 is 11.6 Å². The van der Waals surface area contributed by atoms with E-state index in [-0.39, 0.29) is 12.2 Å². The number of sulfone groups is 1. The van der Waals surface area contributed by atoms with Gasteiger partial charge in [0.25, 0.3) is 0 Å². The van der Waals surface area contributed by atoms with Crippen molar-refractivity contribution < 1.29 is 17.9 Å². The molecule has 8 heteroatoms. The van der Waals surface area contributed by atoms with Crippen LogP contribution in [0.25, 0.3) is 0 Å². The molecule has 0 saturated heterocycles. The van der Waals surface area contributed by atoms with Crippen LogP contribution in [-0.4, -0.2) is 36.5 Å². The molecule has 0 amide bonds. The lowest BCUT2D eigenvalue weighted by atomic mass is 10.3. The molecule has 6 nitrogen and oxygen atoms in total. The summed E-state index contributed by atoms with van der Waals surface area (Å²) in [5.41, 5.74) is 1.11. The topological polar surface area (TPSA) is 78.3 Å². The second kappa shape index (κ2) is 6.58. The van der Waals surface area contributed by atoms with Crippen LogP contribution in [-0.2, 0) is 38.6 Å². The Bertz CT molecular complexity index is 595. The van der Waals surface area contributed by atoms with Gasteiger partial charge in [0, 0.05) is 7.05 Å². The van der Waals surface area contributed by atoms with Gasteiger partial charge in [-0.05, 0) is 13.3 Å². The highest BCUT2D eigenvalue weighted by Gasteiger charge is 2.27. The molecule has 0 aliphatic carbocycles. The van der Waals surface area contributed by atoms with E-state index in [0.717, 1.165) is 0 Å². The van der Waals surface area contributed by atoms with Gasteiger partial charge in [-0.15, -0.1) is 0 Å². The lowest BCUT2D eigenvalue weighted by Gasteiger charge is -2.12. The fraction of sp³-hybridized carbons (Fsp3) is 0.667. The summed E-state index contributed by atoms with van der Waals surface area (Å²) in [5.74, 6) is -0.792. The number of rotatable bonds is 6. The Morgan fingerprint density at radius 1 is 1.50 bits per heavy atom. The molecule has 0 aromatic carbocycles. The zero-order valence-corrected chi connectivity index (χ0v) is 13.6. The van der Waals surface area contributed by atoms with Crippen molar-refractivity contribution in [2.45, 2.75) is 37.7 Å². The van der Waals surface area contributed by atoms with E-state index in [1.807, 2.05) is 6.92 Å². The Morgan fingerprint density at radius 2 is 2.10 bits per heavy atom. The first-order valence-electron chi connectivity index (χ1n) is 6.21. The molecule has 1 rings (SSSR count). The predicted octanol–water partition coefficient (Wildman–Crippen LogP) is 1.50. The van der Waals surface area contributed by atoms with E-state index in [4.69, 9.17) is 11.6 Å². The average Bonchev–Trinajstić information content (AvgIpc) is 2.65.